The first-order chi connectivity index (χ1) is 31.8. The first-order valence-corrected chi connectivity index (χ1v) is 22.6. The van der Waals surface area contributed by atoms with E-state index in [1.54, 1.807) is 47.6 Å². The summed E-state index contributed by atoms with van der Waals surface area (Å²) in [6.45, 7) is 0.0552. The first-order valence-electron chi connectivity index (χ1n) is 21.6. The molecule has 0 bridgehead atoms. The number of hydrogen-bond acceptors (Lipinski definition) is 9. The zero-order chi connectivity index (χ0) is 45.0. The van der Waals surface area contributed by atoms with Crippen LogP contribution in [0.1, 0.15) is 69.6 Å². The number of amides is 3. The molecule has 0 saturated carbocycles. The second-order valence-electron chi connectivity index (χ2n) is 16.0. The predicted molar refractivity (Wildman–Crippen MR) is 249 cm³/mol. The Kier molecular flexibility index (Phi) is 14.3. The molecule has 3 heterocycles. The van der Waals surface area contributed by atoms with Gasteiger partial charge in [0.1, 0.15) is 22.9 Å². The molecule has 2 aliphatic heterocycles. The first kappa shape index (κ1) is 44.3. The van der Waals surface area contributed by atoms with Crippen LogP contribution in [-0.2, 0) is 28.7 Å². The van der Waals surface area contributed by atoms with E-state index in [2.05, 4.69) is 15.6 Å². The van der Waals surface area contributed by atoms with Gasteiger partial charge in [0.25, 0.3) is 5.91 Å². The van der Waals surface area contributed by atoms with Crippen LogP contribution >= 0.6 is 11.8 Å². The van der Waals surface area contributed by atoms with E-state index in [0.717, 1.165) is 27.8 Å². The molecular formula is C53H48N4O7S. The number of aromatic nitrogens is 1. The molecule has 4 atom stereocenters. The Hall–Kier alpha value is -7.31. The largest absolute Gasteiger partial charge is 0.452 e. The standard InChI is InChI=1S/C53H48N4O7S/c58-44(30-16-29-43(55-48(59)42-27-14-5-15-28-42)51(61)63-46(38-19-6-1-7-20-38)39-21-8-2-9-22-39)56-45-49(60)57-35-53(36-65-50(45)57,32-31-37-18-17-33-54-34-37)52(62)64-47(40-23-10-3-11-24-40)41-25-12-4-13-26-41/h1-15,17-28,31-34,43,45-47,50H,16,29-30,35-36H2,(H,55,59)(H,56,58)/t43?,45?,50-,53?/m1/s1. The summed E-state index contributed by atoms with van der Waals surface area (Å²) in [6, 6.07) is 48.2. The summed E-state index contributed by atoms with van der Waals surface area (Å²) in [7, 11) is 0. The molecule has 328 valence electrons. The molecule has 6 aromatic rings. The van der Waals surface area contributed by atoms with Crippen molar-refractivity contribution >= 4 is 47.5 Å². The number of β-lactam (4-membered cyclic amide) rings is 1. The molecule has 8 rings (SSSR count). The number of thioether (sulfide) groups is 1. The number of nitrogens with one attached hydrogen (secondary N) is 2. The molecule has 12 heteroatoms. The van der Waals surface area contributed by atoms with Crippen molar-refractivity contribution in [2.45, 2.75) is 48.9 Å². The van der Waals surface area contributed by atoms with Gasteiger partial charge in [-0.25, -0.2) is 4.79 Å². The number of rotatable bonds is 17. The molecule has 3 amide bonds. The minimum atomic E-state index is -1.21. The van der Waals surface area contributed by atoms with Crippen molar-refractivity contribution in [2.75, 3.05) is 12.3 Å². The van der Waals surface area contributed by atoms with Crippen LogP contribution in [0.25, 0.3) is 6.08 Å². The van der Waals surface area contributed by atoms with Crippen molar-refractivity contribution < 1.29 is 33.4 Å². The quantitative estimate of drug-likeness (QED) is 0.0686. The highest BCUT2D eigenvalue weighted by molar-refractivity contribution is 8.00. The maximum absolute atomic E-state index is 14.5. The lowest BCUT2D eigenvalue weighted by Crippen LogP contribution is -2.73. The van der Waals surface area contributed by atoms with Gasteiger partial charge >= 0.3 is 11.9 Å². The van der Waals surface area contributed by atoms with E-state index < -0.39 is 52.9 Å². The van der Waals surface area contributed by atoms with Gasteiger partial charge in [-0.1, -0.05) is 158 Å². The summed E-state index contributed by atoms with van der Waals surface area (Å²) < 4.78 is 12.5. The Labute approximate surface area is 382 Å². The highest BCUT2D eigenvalue weighted by Crippen LogP contribution is 2.45. The lowest BCUT2D eigenvalue weighted by molar-refractivity contribution is -0.162. The van der Waals surface area contributed by atoms with Crippen molar-refractivity contribution in [1.29, 1.82) is 0 Å². The summed E-state index contributed by atoms with van der Waals surface area (Å²) >= 11 is 1.41. The predicted octanol–water partition coefficient (Wildman–Crippen LogP) is 8.12. The number of esters is 2. The summed E-state index contributed by atoms with van der Waals surface area (Å²) in [5.41, 5.74) is 3.11. The molecule has 1 aromatic heterocycles. The highest BCUT2D eigenvalue weighted by Gasteiger charge is 2.57. The summed E-state index contributed by atoms with van der Waals surface area (Å²) in [5, 5.41) is 5.33. The van der Waals surface area contributed by atoms with Crippen LogP contribution in [0.4, 0.5) is 0 Å². The van der Waals surface area contributed by atoms with E-state index in [1.807, 2.05) is 146 Å². The molecule has 65 heavy (non-hydrogen) atoms. The molecule has 11 nitrogen and oxygen atoms in total. The van der Waals surface area contributed by atoms with E-state index in [4.69, 9.17) is 9.47 Å². The summed E-state index contributed by atoms with van der Waals surface area (Å²) in [4.78, 5) is 75.1. The molecule has 0 aliphatic carbocycles. The Morgan fingerprint density at radius 2 is 1.26 bits per heavy atom. The topological polar surface area (TPSA) is 144 Å². The van der Waals surface area contributed by atoms with Gasteiger partial charge in [-0.05, 0) is 58.9 Å². The molecule has 5 aromatic carbocycles. The minimum absolute atomic E-state index is 0.0164. The lowest BCUT2D eigenvalue weighted by atomic mass is 9.85. The molecule has 0 radical (unpaired) electrons. The van der Waals surface area contributed by atoms with Crippen LogP contribution in [0.2, 0.25) is 0 Å². The average Bonchev–Trinajstić information content (AvgIpc) is 3.36. The number of fused-ring (bicyclic) bond motifs is 1. The Morgan fingerprint density at radius 1 is 0.723 bits per heavy atom. The van der Waals surface area contributed by atoms with E-state index in [1.165, 1.54) is 11.8 Å². The average molecular weight is 885 g/mol. The van der Waals surface area contributed by atoms with Gasteiger partial charge < -0.3 is 25.0 Å². The van der Waals surface area contributed by atoms with Gasteiger partial charge in [0.05, 0.1) is 0 Å². The Morgan fingerprint density at radius 3 is 1.80 bits per heavy atom. The lowest BCUT2D eigenvalue weighted by Gasteiger charge is -2.53. The molecule has 2 saturated heterocycles. The van der Waals surface area contributed by atoms with Gasteiger partial charge in [0.15, 0.2) is 12.2 Å². The zero-order valence-electron chi connectivity index (χ0n) is 35.5. The second kappa shape index (κ2) is 20.9. The SMILES string of the molecule is O=C(CCCC(NC(=O)c1ccccc1)C(=O)OC(c1ccccc1)c1ccccc1)NC1C(=O)N2CC(C=Cc3cccnc3)(C(=O)OC(c3ccccc3)c3ccccc3)CS[C@H]12. The van der Waals surface area contributed by atoms with Crippen LogP contribution < -0.4 is 10.6 Å². The maximum atomic E-state index is 14.5. The van der Waals surface area contributed by atoms with Gasteiger partial charge in [0.2, 0.25) is 11.8 Å². The van der Waals surface area contributed by atoms with Crippen molar-refractivity contribution in [3.05, 3.63) is 216 Å². The fraction of sp³-hybridized carbons (Fsp3) is 0.208. The van der Waals surface area contributed by atoms with E-state index in [9.17, 15) is 24.0 Å². The highest BCUT2D eigenvalue weighted by atomic mass is 32.2. The summed E-state index contributed by atoms with van der Waals surface area (Å²) in [5.74, 6) is -1.97. The normalized spacial score (nSPS) is 18.3. The third-order valence-corrected chi connectivity index (χ3v) is 13.0. The molecule has 3 unspecified atom stereocenters. The van der Waals surface area contributed by atoms with Crippen LogP contribution in [-0.4, -0.2) is 69.3 Å². The summed E-state index contributed by atoms with van der Waals surface area (Å²) in [6.07, 6.45) is 5.88. The van der Waals surface area contributed by atoms with E-state index >= 15 is 0 Å². The third-order valence-electron chi connectivity index (χ3n) is 11.5. The number of ether oxygens (including phenoxy) is 2. The number of benzene rings is 5. The fourth-order valence-corrected chi connectivity index (χ4v) is 9.51. The van der Waals surface area contributed by atoms with E-state index in [-0.39, 0.29) is 43.4 Å². The third kappa shape index (κ3) is 10.7. The van der Waals surface area contributed by atoms with Gasteiger partial charge in [-0.2, -0.15) is 0 Å². The van der Waals surface area contributed by atoms with Crippen molar-refractivity contribution in [2.24, 2.45) is 5.41 Å². The van der Waals surface area contributed by atoms with Crippen LogP contribution in [0.5, 0.6) is 0 Å². The minimum Gasteiger partial charge on any atom is -0.452 e. The Bertz CT molecular complexity index is 2510. The molecule has 0 spiro atoms. The smallest absolute Gasteiger partial charge is 0.329 e. The van der Waals surface area contributed by atoms with Crippen molar-refractivity contribution in [3.8, 4) is 0 Å². The molecule has 2 N–H and O–H groups in total. The molecular weight excluding hydrogens is 837 g/mol. The number of hydrogen-bond donors (Lipinski definition) is 2. The van der Waals surface area contributed by atoms with Crippen LogP contribution in [0.3, 0.4) is 0 Å². The van der Waals surface area contributed by atoms with Gasteiger partial charge in [0, 0.05) is 36.7 Å². The van der Waals surface area contributed by atoms with Crippen molar-refractivity contribution in [3.63, 3.8) is 0 Å². The number of pyridine rings is 1. The Balaban J connectivity index is 0.933. The number of nitrogens with zero attached hydrogens (tertiary/aromatic N) is 2. The zero-order valence-corrected chi connectivity index (χ0v) is 36.3. The van der Waals surface area contributed by atoms with E-state index in [0.29, 0.717) is 5.56 Å². The van der Waals surface area contributed by atoms with Crippen molar-refractivity contribution in [1.82, 2.24) is 20.5 Å². The number of carbonyl (C=O) groups is 5. The number of carbonyl (C=O) groups excluding carboxylic acids is 5. The van der Waals surface area contributed by atoms with Crippen LogP contribution in [0, 0.1) is 5.41 Å². The maximum Gasteiger partial charge on any atom is 0.329 e. The van der Waals surface area contributed by atoms with Gasteiger partial charge in [-0.3, -0.25) is 24.2 Å². The molecule has 2 fully saturated rings. The molecule has 2 aliphatic rings. The monoisotopic (exact) mass is 884 g/mol. The van der Waals surface area contributed by atoms with Gasteiger partial charge in [-0.15, -0.1) is 11.8 Å². The van der Waals surface area contributed by atoms with Crippen LogP contribution in [0.15, 0.2) is 182 Å². The fourth-order valence-electron chi connectivity index (χ4n) is 8.00. The second-order valence-corrected chi connectivity index (χ2v) is 17.1.